The van der Waals surface area contributed by atoms with E-state index in [1.165, 1.54) is 37.9 Å². The van der Waals surface area contributed by atoms with E-state index in [0.29, 0.717) is 0 Å². The topological polar surface area (TPSA) is 0 Å². The van der Waals surface area contributed by atoms with Gasteiger partial charge in [0.1, 0.15) is 0 Å². The zero-order valence-electron chi connectivity index (χ0n) is 6.23. The normalized spacial score (nSPS) is 20.1. The second-order valence-electron chi connectivity index (χ2n) is 2.96. The van der Waals surface area contributed by atoms with Crippen molar-refractivity contribution in [1.82, 2.24) is 0 Å². The second-order valence-corrected chi connectivity index (χ2v) is 3.87. The zero-order valence-corrected chi connectivity index (χ0v) is 7.04. The Labute approximate surface area is 71.3 Å². The van der Waals surface area contributed by atoms with Crippen LogP contribution in [0.5, 0.6) is 0 Å². The van der Waals surface area contributed by atoms with E-state index < -0.39 is 0 Å². The maximum absolute atomic E-state index is 2.22. The van der Waals surface area contributed by atoms with Crippen LogP contribution < -0.4 is 0 Å². The standard InChI is InChI=1S/C8H16S.CH4.H2/c1-9-7-8-5-3-2-4-6-8;;/h8H,2-7H2,1H3;1H4;1H. The first-order valence-corrected chi connectivity index (χ1v) is 5.32. The van der Waals surface area contributed by atoms with Crippen LogP contribution >= 0.6 is 11.8 Å². The van der Waals surface area contributed by atoms with Gasteiger partial charge in [-0.1, -0.05) is 26.7 Å². The highest BCUT2D eigenvalue weighted by Crippen LogP contribution is 2.25. The van der Waals surface area contributed by atoms with E-state index in [0.717, 1.165) is 5.92 Å². The van der Waals surface area contributed by atoms with Gasteiger partial charge in [0.25, 0.3) is 0 Å². The van der Waals surface area contributed by atoms with Crippen molar-refractivity contribution in [2.75, 3.05) is 12.0 Å². The van der Waals surface area contributed by atoms with Crippen LogP contribution in [-0.4, -0.2) is 12.0 Å². The Morgan fingerprint density at radius 2 is 1.90 bits per heavy atom. The maximum Gasteiger partial charge on any atom is 0 e. The molecule has 64 valence electrons. The van der Waals surface area contributed by atoms with Crippen LogP contribution in [0, 0.1) is 5.92 Å². The molecule has 1 saturated carbocycles. The van der Waals surface area contributed by atoms with E-state index in [1.54, 1.807) is 0 Å². The molecule has 10 heavy (non-hydrogen) atoms. The summed E-state index contributed by atoms with van der Waals surface area (Å²) >= 11 is 2.01. The van der Waals surface area contributed by atoms with E-state index in [9.17, 15) is 0 Å². The number of hydrogen-bond donors (Lipinski definition) is 0. The molecular formula is C9H22S. The molecule has 0 nitrogen and oxygen atoms in total. The molecule has 1 heteroatoms. The van der Waals surface area contributed by atoms with Crippen molar-refractivity contribution in [2.24, 2.45) is 5.92 Å². The van der Waals surface area contributed by atoms with Gasteiger partial charge in [0.05, 0.1) is 0 Å². The Bertz CT molecular complexity index is 67.2. The maximum atomic E-state index is 2.22. The third kappa shape index (κ3) is 3.50. The predicted molar refractivity (Wildman–Crippen MR) is 53.8 cm³/mol. The van der Waals surface area contributed by atoms with Crippen LogP contribution in [-0.2, 0) is 0 Å². The lowest BCUT2D eigenvalue weighted by atomic mass is 9.91. The SMILES string of the molecule is C.CSCC1CCCCC1.[HH]. The highest BCUT2D eigenvalue weighted by atomic mass is 32.2. The average molecular weight is 162 g/mol. The Morgan fingerprint density at radius 3 is 2.40 bits per heavy atom. The van der Waals surface area contributed by atoms with Crippen LogP contribution in [0.2, 0.25) is 0 Å². The molecule has 1 aliphatic rings. The smallest absolute Gasteiger partial charge is 0 e. The molecule has 0 heterocycles. The van der Waals surface area contributed by atoms with Crippen LogP contribution in [0.15, 0.2) is 0 Å². The van der Waals surface area contributed by atoms with E-state index in [-0.39, 0.29) is 8.85 Å². The van der Waals surface area contributed by atoms with Gasteiger partial charge < -0.3 is 0 Å². The molecule has 0 aromatic carbocycles. The molecule has 0 amide bonds. The van der Waals surface area contributed by atoms with E-state index in [4.69, 9.17) is 0 Å². The molecule has 0 atom stereocenters. The molecule has 0 aliphatic heterocycles. The fourth-order valence-corrected chi connectivity index (χ4v) is 2.39. The van der Waals surface area contributed by atoms with E-state index >= 15 is 0 Å². The summed E-state index contributed by atoms with van der Waals surface area (Å²) < 4.78 is 0. The van der Waals surface area contributed by atoms with Crippen molar-refractivity contribution < 1.29 is 1.43 Å². The van der Waals surface area contributed by atoms with Crippen LogP contribution in [0.1, 0.15) is 41.0 Å². The molecule has 0 aromatic heterocycles. The van der Waals surface area contributed by atoms with Gasteiger partial charge in [0, 0.05) is 1.43 Å². The quantitative estimate of drug-likeness (QED) is 0.595. The third-order valence-electron chi connectivity index (χ3n) is 2.13. The van der Waals surface area contributed by atoms with Crippen LogP contribution in [0.4, 0.5) is 0 Å². The lowest BCUT2D eigenvalue weighted by Gasteiger charge is -2.19. The molecule has 1 rings (SSSR count). The third-order valence-corrected chi connectivity index (χ3v) is 2.93. The minimum atomic E-state index is 0. The number of hydrogen-bond acceptors (Lipinski definition) is 1. The van der Waals surface area contributed by atoms with Gasteiger partial charge in [-0.3, -0.25) is 0 Å². The summed E-state index contributed by atoms with van der Waals surface area (Å²) in [6.45, 7) is 0. The summed E-state index contributed by atoms with van der Waals surface area (Å²) in [7, 11) is 0. The Morgan fingerprint density at radius 1 is 1.30 bits per heavy atom. The first-order chi connectivity index (χ1) is 4.43. The van der Waals surface area contributed by atoms with Gasteiger partial charge in [0.2, 0.25) is 0 Å². The van der Waals surface area contributed by atoms with Crippen molar-refractivity contribution in [2.45, 2.75) is 39.5 Å². The van der Waals surface area contributed by atoms with Crippen LogP contribution in [0.25, 0.3) is 0 Å². The van der Waals surface area contributed by atoms with Gasteiger partial charge in [-0.25, -0.2) is 0 Å². The van der Waals surface area contributed by atoms with Gasteiger partial charge in [-0.15, -0.1) is 0 Å². The Kier molecular flexibility index (Phi) is 6.30. The van der Waals surface area contributed by atoms with Gasteiger partial charge >= 0.3 is 0 Å². The summed E-state index contributed by atoms with van der Waals surface area (Å²) in [6, 6.07) is 0. The fourth-order valence-electron chi connectivity index (χ4n) is 1.59. The van der Waals surface area contributed by atoms with Gasteiger partial charge in [-0.05, 0) is 30.8 Å². The van der Waals surface area contributed by atoms with Gasteiger partial charge in [-0.2, -0.15) is 11.8 Å². The van der Waals surface area contributed by atoms with Crippen molar-refractivity contribution in [3.8, 4) is 0 Å². The molecule has 0 unspecified atom stereocenters. The fraction of sp³-hybridized carbons (Fsp3) is 1.00. The van der Waals surface area contributed by atoms with E-state index in [1.807, 2.05) is 11.8 Å². The molecule has 0 bridgehead atoms. The number of rotatable bonds is 2. The summed E-state index contributed by atoms with van der Waals surface area (Å²) in [4.78, 5) is 0. The Hall–Kier alpha value is 0.350. The molecule has 0 radical (unpaired) electrons. The lowest BCUT2D eigenvalue weighted by molar-refractivity contribution is 0.391. The zero-order chi connectivity index (χ0) is 6.53. The van der Waals surface area contributed by atoms with E-state index in [2.05, 4.69) is 6.26 Å². The summed E-state index contributed by atoms with van der Waals surface area (Å²) in [6.07, 6.45) is 9.69. The molecule has 1 fully saturated rings. The van der Waals surface area contributed by atoms with Crippen molar-refractivity contribution in [3.63, 3.8) is 0 Å². The molecule has 0 spiro atoms. The highest BCUT2D eigenvalue weighted by molar-refractivity contribution is 7.98. The summed E-state index contributed by atoms with van der Waals surface area (Å²) in [5.41, 5.74) is 0. The summed E-state index contributed by atoms with van der Waals surface area (Å²) in [5.74, 6) is 2.47. The minimum absolute atomic E-state index is 0. The average Bonchev–Trinajstić information content (AvgIpc) is 1.91. The monoisotopic (exact) mass is 162 g/mol. The summed E-state index contributed by atoms with van der Waals surface area (Å²) in [5, 5.41) is 0. The molecule has 0 saturated heterocycles. The minimum Gasteiger partial charge on any atom is -0.165 e. The molecule has 1 aliphatic carbocycles. The first-order valence-electron chi connectivity index (χ1n) is 3.92. The molecule has 0 N–H and O–H groups in total. The van der Waals surface area contributed by atoms with Crippen molar-refractivity contribution in [3.05, 3.63) is 0 Å². The molecular weight excluding hydrogens is 140 g/mol. The lowest BCUT2D eigenvalue weighted by Crippen LogP contribution is -2.07. The van der Waals surface area contributed by atoms with Gasteiger partial charge in [0.15, 0.2) is 0 Å². The van der Waals surface area contributed by atoms with Crippen molar-refractivity contribution in [1.29, 1.82) is 0 Å². The Balaban J connectivity index is 0. The second kappa shape index (κ2) is 6.09. The number of thioether (sulfide) groups is 1. The largest absolute Gasteiger partial charge is 0.165 e. The first kappa shape index (κ1) is 10.3. The van der Waals surface area contributed by atoms with Crippen LogP contribution in [0.3, 0.4) is 0 Å². The predicted octanol–water partition coefficient (Wildman–Crippen LogP) is 3.81. The van der Waals surface area contributed by atoms with Crippen molar-refractivity contribution >= 4 is 11.8 Å². The highest BCUT2D eigenvalue weighted by Gasteiger charge is 2.11. The molecule has 0 aromatic rings.